The van der Waals surface area contributed by atoms with E-state index in [2.05, 4.69) is 43.5 Å². The quantitative estimate of drug-likeness (QED) is 0.0321. The molecule has 3 N–H and O–H groups in total. The number of ether oxygens (including phenoxy) is 1. The number of rotatable bonds is 57. The first kappa shape index (κ1) is 66.3. The van der Waals surface area contributed by atoms with Crippen LogP contribution < -0.4 is 5.32 Å². The molecule has 0 fully saturated rings. The zero-order chi connectivity index (χ0) is 49.3. The van der Waals surface area contributed by atoms with Gasteiger partial charge < -0.3 is 20.3 Å². The van der Waals surface area contributed by atoms with Crippen molar-refractivity contribution in [2.75, 3.05) is 13.2 Å². The molecular formula is C62H119NO5. The average molecular weight is 959 g/mol. The van der Waals surface area contributed by atoms with E-state index >= 15 is 0 Å². The van der Waals surface area contributed by atoms with Gasteiger partial charge in [-0.3, -0.25) is 9.59 Å². The molecule has 2 atom stereocenters. The van der Waals surface area contributed by atoms with E-state index in [1.165, 1.54) is 257 Å². The molecule has 0 aromatic carbocycles. The highest BCUT2D eigenvalue weighted by molar-refractivity contribution is 5.76. The maximum Gasteiger partial charge on any atom is 0.305 e. The van der Waals surface area contributed by atoms with Crippen LogP contribution in [0.2, 0.25) is 0 Å². The Bertz CT molecular complexity index is 1060. The predicted octanol–water partition coefficient (Wildman–Crippen LogP) is 19.0. The molecule has 0 radical (unpaired) electrons. The van der Waals surface area contributed by atoms with Crippen molar-refractivity contribution in [1.82, 2.24) is 5.32 Å². The van der Waals surface area contributed by atoms with E-state index < -0.39 is 12.1 Å². The molecule has 0 heterocycles. The number of aliphatic hydroxyl groups is 2. The molecule has 0 aliphatic rings. The van der Waals surface area contributed by atoms with Gasteiger partial charge in [0.15, 0.2) is 0 Å². The van der Waals surface area contributed by atoms with Crippen LogP contribution in [0.25, 0.3) is 0 Å². The van der Waals surface area contributed by atoms with Gasteiger partial charge in [-0.1, -0.05) is 276 Å². The average Bonchev–Trinajstić information content (AvgIpc) is 3.34. The zero-order valence-electron chi connectivity index (χ0n) is 45.9. The molecule has 0 rings (SSSR count). The molecule has 0 saturated heterocycles. The Kier molecular flexibility index (Phi) is 56.5. The summed E-state index contributed by atoms with van der Waals surface area (Å²) >= 11 is 0. The van der Waals surface area contributed by atoms with Crippen LogP contribution in [-0.4, -0.2) is 47.4 Å². The molecule has 0 spiro atoms. The summed E-state index contributed by atoms with van der Waals surface area (Å²) in [6.07, 6.45) is 70.4. The topological polar surface area (TPSA) is 95.9 Å². The van der Waals surface area contributed by atoms with Gasteiger partial charge in [0.05, 0.1) is 25.4 Å². The minimum Gasteiger partial charge on any atom is -0.466 e. The van der Waals surface area contributed by atoms with Gasteiger partial charge in [-0.05, 0) is 70.6 Å². The van der Waals surface area contributed by atoms with E-state index in [-0.39, 0.29) is 18.5 Å². The minimum absolute atomic E-state index is 0.00252. The molecule has 0 bridgehead atoms. The van der Waals surface area contributed by atoms with Crippen molar-refractivity contribution in [3.05, 3.63) is 24.3 Å². The van der Waals surface area contributed by atoms with E-state index in [0.29, 0.717) is 25.9 Å². The van der Waals surface area contributed by atoms with Gasteiger partial charge in [0.25, 0.3) is 0 Å². The van der Waals surface area contributed by atoms with Gasteiger partial charge in [0.1, 0.15) is 0 Å². The molecule has 0 aliphatic heterocycles. The molecule has 68 heavy (non-hydrogen) atoms. The lowest BCUT2D eigenvalue weighted by Crippen LogP contribution is -2.45. The summed E-state index contributed by atoms with van der Waals surface area (Å²) in [5, 5.41) is 23.3. The van der Waals surface area contributed by atoms with Crippen LogP contribution >= 0.6 is 0 Å². The number of esters is 1. The second kappa shape index (κ2) is 57.9. The number of hydrogen-bond acceptors (Lipinski definition) is 5. The Labute approximate surface area is 424 Å². The van der Waals surface area contributed by atoms with Gasteiger partial charge in [0.2, 0.25) is 5.91 Å². The maximum atomic E-state index is 12.5. The number of carbonyl (C=O) groups excluding carboxylic acids is 2. The van der Waals surface area contributed by atoms with Crippen LogP contribution in [0.4, 0.5) is 0 Å². The van der Waals surface area contributed by atoms with Gasteiger partial charge in [-0.2, -0.15) is 0 Å². The standard InChI is InChI=1S/C62H119NO5/c1-3-5-7-9-11-13-15-16-28-31-35-38-42-46-50-54-60(65)59(58-64)63-61(66)55-51-47-43-39-36-32-29-26-24-22-20-18-17-19-21-23-25-27-30-33-37-41-45-49-53-57-68-62(67)56-52-48-44-40-34-14-12-10-8-6-4-2/h10,12,18,20,59-60,64-65H,3-9,11,13-17,19,21-58H2,1-2H3,(H,63,66)/b12-10-,20-18-. The van der Waals surface area contributed by atoms with E-state index in [0.717, 1.165) is 44.9 Å². The molecule has 0 aromatic rings. The minimum atomic E-state index is -0.665. The van der Waals surface area contributed by atoms with Crippen LogP contribution in [-0.2, 0) is 14.3 Å². The summed E-state index contributed by atoms with van der Waals surface area (Å²) < 4.78 is 5.46. The smallest absolute Gasteiger partial charge is 0.305 e. The molecule has 0 saturated carbocycles. The Balaban J connectivity index is 3.40. The third-order valence-electron chi connectivity index (χ3n) is 14.2. The first-order chi connectivity index (χ1) is 33.5. The first-order valence-electron chi connectivity index (χ1n) is 30.6. The SMILES string of the molecule is CCCC/C=C\CCCCCCCC(=O)OCCCCCCCCCCCCCC/C=C\CCCCCCCCCCCC(=O)NC(CO)C(O)CCCCCCCCCCCCCCCCC. The highest BCUT2D eigenvalue weighted by atomic mass is 16.5. The Hall–Kier alpha value is -1.66. The second-order valence-corrected chi connectivity index (χ2v) is 21.0. The first-order valence-corrected chi connectivity index (χ1v) is 30.6. The summed E-state index contributed by atoms with van der Waals surface area (Å²) in [5.74, 6) is -0.0338. The highest BCUT2D eigenvalue weighted by Crippen LogP contribution is 2.17. The fraction of sp³-hybridized carbons (Fsp3) is 0.903. The normalized spacial score (nSPS) is 12.7. The van der Waals surface area contributed by atoms with Crippen molar-refractivity contribution >= 4 is 11.9 Å². The number of aliphatic hydroxyl groups excluding tert-OH is 2. The molecular weight excluding hydrogens is 839 g/mol. The van der Waals surface area contributed by atoms with Crippen molar-refractivity contribution in [2.24, 2.45) is 0 Å². The molecule has 0 aromatic heterocycles. The number of nitrogens with one attached hydrogen (secondary N) is 1. The maximum absolute atomic E-state index is 12.5. The third kappa shape index (κ3) is 53.7. The van der Waals surface area contributed by atoms with Crippen molar-refractivity contribution in [3.63, 3.8) is 0 Å². The van der Waals surface area contributed by atoms with E-state index in [9.17, 15) is 19.8 Å². The summed E-state index contributed by atoms with van der Waals surface area (Å²) in [5.41, 5.74) is 0. The lowest BCUT2D eigenvalue weighted by atomic mass is 10.0. The van der Waals surface area contributed by atoms with Crippen LogP contribution in [0, 0.1) is 0 Å². The molecule has 402 valence electrons. The molecule has 2 unspecified atom stereocenters. The Morgan fingerprint density at radius 1 is 0.397 bits per heavy atom. The molecule has 6 heteroatoms. The lowest BCUT2D eigenvalue weighted by molar-refractivity contribution is -0.143. The summed E-state index contributed by atoms with van der Waals surface area (Å²) in [6, 6.07) is -0.543. The Morgan fingerprint density at radius 2 is 0.706 bits per heavy atom. The number of hydrogen-bond donors (Lipinski definition) is 3. The van der Waals surface area contributed by atoms with E-state index in [1.54, 1.807) is 0 Å². The van der Waals surface area contributed by atoms with Crippen molar-refractivity contribution < 1.29 is 24.5 Å². The largest absolute Gasteiger partial charge is 0.466 e. The van der Waals surface area contributed by atoms with Gasteiger partial charge in [0, 0.05) is 12.8 Å². The summed E-state index contributed by atoms with van der Waals surface area (Å²) in [4.78, 5) is 24.5. The fourth-order valence-electron chi connectivity index (χ4n) is 9.50. The van der Waals surface area contributed by atoms with Crippen molar-refractivity contribution in [3.8, 4) is 0 Å². The van der Waals surface area contributed by atoms with Crippen LogP contribution in [0.5, 0.6) is 0 Å². The number of allylic oxidation sites excluding steroid dienone is 4. The van der Waals surface area contributed by atoms with E-state index in [1.807, 2.05) is 0 Å². The fourth-order valence-corrected chi connectivity index (χ4v) is 9.50. The van der Waals surface area contributed by atoms with Crippen molar-refractivity contribution in [1.29, 1.82) is 0 Å². The van der Waals surface area contributed by atoms with Gasteiger partial charge in [-0.25, -0.2) is 0 Å². The summed E-state index contributed by atoms with van der Waals surface area (Å²) in [6.45, 7) is 4.93. The number of carbonyl (C=O) groups is 2. The lowest BCUT2D eigenvalue weighted by Gasteiger charge is -2.22. The predicted molar refractivity (Wildman–Crippen MR) is 296 cm³/mol. The number of unbranched alkanes of at least 4 members (excludes halogenated alkanes) is 42. The van der Waals surface area contributed by atoms with Gasteiger partial charge >= 0.3 is 5.97 Å². The van der Waals surface area contributed by atoms with Crippen LogP contribution in [0.3, 0.4) is 0 Å². The zero-order valence-corrected chi connectivity index (χ0v) is 45.9. The number of amides is 1. The molecule has 1 amide bonds. The van der Waals surface area contributed by atoms with Crippen molar-refractivity contribution in [2.45, 2.75) is 347 Å². The van der Waals surface area contributed by atoms with Crippen LogP contribution in [0.15, 0.2) is 24.3 Å². The monoisotopic (exact) mass is 958 g/mol. The highest BCUT2D eigenvalue weighted by Gasteiger charge is 2.20. The second-order valence-electron chi connectivity index (χ2n) is 21.0. The van der Waals surface area contributed by atoms with Gasteiger partial charge in [-0.15, -0.1) is 0 Å². The van der Waals surface area contributed by atoms with Crippen LogP contribution in [0.1, 0.15) is 335 Å². The Morgan fingerprint density at radius 3 is 1.09 bits per heavy atom. The molecule has 6 nitrogen and oxygen atoms in total. The third-order valence-corrected chi connectivity index (χ3v) is 14.2. The summed E-state index contributed by atoms with van der Waals surface area (Å²) in [7, 11) is 0. The molecule has 0 aliphatic carbocycles. The van der Waals surface area contributed by atoms with E-state index in [4.69, 9.17) is 4.74 Å².